The predicted molar refractivity (Wildman–Crippen MR) is 78.2 cm³/mol. The van der Waals surface area contributed by atoms with Crippen molar-refractivity contribution in [2.45, 2.75) is 52.4 Å². The van der Waals surface area contributed by atoms with Crippen LogP contribution >= 0.6 is 0 Å². The number of nitrogens with two attached hydrogens (primary N) is 2. The Morgan fingerprint density at radius 1 is 1.00 bits per heavy atom. The zero-order chi connectivity index (χ0) is 15.4. The Balaban J connectivity index is 3.14. The van der Waals surface area contributed by atoms with Crippen LogP contribution in [0.15, 0.2) is 6.07 Å². The number of pyridine rings is 1. The molecule has 0 aliphatic carbocycles. The van der Waals surface area contributed by atoms with E-state index in [2.05, 4.69) is 4.98 Å². The fraction of sp³-hybridized carbons (Fsp3) is 0.533. The summed E-state index contributed by atoms with van der Waals surface area (Å²) in [6.45, 7) is 7.74. The topological polar surface area (TPSA) is 99.1 Å². The van der Waals surface area contributed by atoms with Gasteiger partial charge in [-0.1, -0.05) is 19.9 Å². The second-order valence-electron chi connectivity index (χ2n) is 5.48. The fourth-order valence-corrected chi connectivity index (χ4v) is 2.58. The third-order valence-corrected chi connectivity index (χ3v) is 3.56. The van der Waals surface area contributed by atoms with Crippen LogP contribution in [0.1, 0.15) is 61.0 Å². The number of nitrogens with zero attached hydrogens (tertiary/aromatic N) is 1. The van der Waals surface area contributed by atoms with Crippen molar-refractivity contribution in [1.29, 1.82) is 0 Å². The van der Waals surface area contributed by atoms with Crippen LogP contribution in [0.5, 0.6) is 0 Å². The molecule has 0 saturated heterocycles. The van der Waals surface area contributed by atoms with Crippen LogP contribution in [-0.4, -0.2) is 16.8 Å². The molecule has 2 amide bonds. The van der Waals surface area contributed by atoms with Gasteiger partial charge >= 0.3 is 0 Å². The van der Waals surface area contributed by atoms with Crippen molar-refractivity contribution in [1.82, 2.24) is 4.98 Å². The number of hydrogen-bond acceptors (Lipinski definition) is 3. The van der Waals surface area contributed by atoms with Gasteiger partial charge in [-0.2, -0.15) is 0 Å². The van der Waals surface area contributed by atoms with Gasteiger partial charge in [0.2, 0.25) is 11.8 Å². The average Bonchev–Trinajstić information content (AvgIpc) is 2.26. The van der Waals surface area contributed by atoms with Gasteiger partial charge in [0.05, 0.1) is 0 Å². The zero-order valence-electron chi connectivity index (χ0n) is 12.6. The minimum absolute atomic E-state index is 0.0140. The molecule has 5 heteroatoms. The maximum atomic E-state index is 11.1. The molecule has 4 N–H and O–H groups in total. The molecule has 0 aromatic carbocycles. The first-order chi connectivity index (χ1) is 9.22. The number of primary amides is 2. The van der Waals surface area contributed by atoms with Gasteiger partial charge in [0.15, 0.2) is 0 Å². The third kappa shape index (κ3) is 4.05. The quantitative estimate of drug-likeness (QED) is 0.827. The highest BCUT2D eigenvalue weighted by atomic mass is 16.1. The standard InChI is InChI=1S/C15H23N3O2/c1-8(5-14(16)19)12-7-13(9(2)6-15(17)20)11(4)18-10(12)3/h7-9H,5-6H2,1-4H3,(H2,16,19)(H2,17,20). The molecule has 1 rings (SSSR count). The summed E-state index contributed by atoms with van der Waals surface area (Å²) in [4.78, 5) is 26.7. The van der Waals surface area contributed by atoms with Crippen molar-refractivity contribution in [2.75, 3.05) is 0 Å². The number of amides is 2. The molecule has 0 radical (unpaired) electrons. The Labute approximate surface area is 119 Å². The molecule has 0 saturated carbocycles. The molecule has 0 aliphatic rings. The van der Waals surface area contributed by atoms with Crippen molar-refractivity contribution in [2.24, 2.45) is 11.5 Å². The second kappa shape index (κ2) is 6.50. The summed E-state index contributed by atoms with van der Waals surface area (Å²) in [5.74, 6) is -0.631. The lowest BCUT2D eigenvalue weighted by atomic mass is 9.89. The number of hydrogen-bond donors (Lipinski definition) is 2. The molecule has 5 nitrogen and oxygen atoms in total. The number of aromatic nitrogens is 1. The summed E-state index contributed by atoms with van der Waals surface area (Å²) in [6.07, 6.45) is 0.574. The maximum absolute atomic E-state index is 11.1. The lowest BCUT2D eigenvalue weighted by Crippen LogP contribution is -2.17. The SMILES string of the molecule is Cc1nc(C)c(C(C)CC(N)=O)cc1C(C)CC(N)=O. The molecule has 0 aliphatic heterocycles. The van der Waals surface area contributed by atoms with E-state index < -0.39 is 0 Å². The average molecular weight is 277 g/mol. The van der Waals surface area contributed by atoms with E-state index in [9.17, 15) is 9.59 Å². The summed E-state index contributed by atoms with van der Waals surface area (Å²) in [5, 5.41) is 0. The zero-order valence-corrected chi connectivity index (χ0v) is 12.6. The summed E-state index contributed by atoms with van der Waals surface area (Å²) >= 11 is 0. The van der Waals surface area contributed by atoms with Gasteiger partial charge in [0.25, 0.3) is 0 Å². The number of carbonyl (C=O) groups excluding carboxylic acids is 2. The van der Waals surface area contributed by atoms with Crippen LogP contribution in [0, 0.1) is 13.8 Å². The van der Waals surface area contributed by atoms with E-state index in [0.29, 0.717) is 0 Å². The molecule has 110 valence electrons. The lowest BCUT2D eigenvalue weighted by Gasteiger charge is -2.19. The normalized spacial score (nSPS) is 13.8. The highest BCUT2D eigenvalue weighted by Crippen LogP contribution is 2.28. The Morgan fingerprint density at radius 2 is 1.35 bits per heavy atom. The largest absolute Gasteiger partial charge is 0.370 e. The summed E-state index contributed by atoms with van der Waals surface area (Å²) in [7, 11) is 0. The Hall–Kier alpha value is -1.91. The molecule has 2 unspecified atom stereocenters. The first-order valence-electron chi connectivity index (χ1n) is 6.77. The van der Waals surface area contributed by atoms with Gasteiger partial charge in [-0.25, -0.2) is 0 Å². The predicted octanol–water partition coefficient (Wildman–Crippen LogP) is 1.66. The van der Waals surface area contributed by atoms with Gasteiger partial charge in [-0.3, -0.25) is 14.6 Å². The van der Waals surface area contributed by atoms with Crippen LogP contribution in [0.25, 0.3) is 0 Å². The lowest BCUT2D eigenvalue weighted by molar-refractivity contribution is -0.119. The molecule has 0 spiro atoms. The summed E-state index contributed by atoms with van der Waals surface area (Å²) < 4.78 is 0. The molecule has 0 bridgehead atoms. The van der Waals surface area contributed by atoms with Crippen molar-refractivity contribution in [3.8, 4) is 0 Å². The molecule has 1 aromatic rings. The van der Waals surface area contributed by atoms with Crippen LogP contribution in [0.3, 0.4) is 0 Å². The minimum atomic E-state index is -0.329. The van der Waals surface area contributed by atoms with Crippen LogP contribution in [0.4, 0.5) is 0 Å². The van der Waals surface area contributed by atoms with E-state index in [4.69, 9.17) is 11.5 Å². The van der Waals surface area contributed by atoms with Crippen molar-refractivity contribution >= 4 is 11.8 Å². The molecule has 2 atom stereocenters. The molecule has 1 heterocycles. The second-order valence-corrected chi connectivity index (χ2v) is 5.48. The van der Waals surface area contributed by atoms with Crippen molar-refractivity contribution in [3.05, 3.63) is 28.6 Å². The maximum Gasteiger partial charge on any atom is 0.218 e. The summed E-state index contributed by atoms with van der Waals surface area (Å²) in [5.41, 5.74) is 14.3. The highest BCUT2D eigenvalue weighted by molar-refractivity contribution is 5.75. The van der Waals surface area contributed by atoms with E-state index in [1.807, 2.05) is 33.8 Å². The van der Waals surface area contributed by atoms with Gasteiger partial charge < -0.3 is 11.5 Å². The van der Waals surface area contributed by atoms with Crippen molar-refractivity contribution < 1.29 is 9.59 Å². The number of aryl methyl sites for hydroxylation is 2. The van der Waals surface area contributed by atoms with E-state index in [1.165, 1.54) is 0 Å². The van der Waals surface area contributed by atoms with E-state index in [-0.39, 0.29) is 36.5 Å². The Morgan fingerprint density at radius 3 is 1.65 bits per heavy atom. The molecule has 1 aromatic heterocycles. The highest BCUT2D eigenvalue weighted by Gasteiger charge is 2.18. The van der Waals surface area contributed by atoms with E-state index >= 15 is 0 Å². The Bertz CT molecular complexity index is 483. The van der Waals surface area contributed by atoms with Gasteiger partial charge in [-0.05, 0) is 36.8 Å². The summed E-state index contributed by atoms with van der Waals surface area (Å²) in [6, 6.07) is 2.03. The van der Waals surface area contributed by atoms with E-state index in [1.54, 1.807) is 0 Å². The van der Waals surface area contributed by atoms with Gasteiger partial charge in [0.1, 0.15) is 0 Å². The number of carbonyl (C=O) groups is 2. The van der Waals surface area contributed by atoms with E-state index in [0.717, 1.165) is 22.5 Å². The third-order valence-electron chi connectivity index (χ3n) is 3.56. The van der Waals surface area contributed by atoms with Gasteiger partial charge in [-0.15, -0.1) is 0 Å². The monoisotopic (exact) mass is 277 g/mol. The fourth-order valence-electron chi connectivity index (χ4n) is 2.58. The van der Waals surface area contributed by atoms with Crippen LogP contribution in [0.2, 0.25) is 0 Å². The minimum Gasteiger partial charge on any atom is -0.370 e. The smallest absolute Gasteiger partial charge is 0.218 e. The van der Waals surface area contributed by atoms with Crippen LogP contribution in [-0.2, 0) is 9.59 Å². The first-order valence-corrected chi connectivity index (χ1v) is 6.77. The Kier molecular flexibility index (Phi) is 5.25. The first kappa shape index (κ1) is 16.1. The molecular formula is C15H23N3O2. The van der Waals surface area contributed by atoms with Gasteiger partial charge in [0, 0.05) is 24.2 Å². The van der Waals surface area contributed by atoms with Crippen LogP contribution < -0.4 is 11.5 Å². The van der Waals surface area contributed by atoms with Crippen molar-refractivity contribution in [3.63, 3.8) is 0 Å². The number of rotatable bonds is 6. The molecule has 0 fully saturated rings. The molecule has 20 heavy (non-hydrogen) atoms. The molecular weight excluding hydrogens is 254 g/mol.